The molecule has 0 bridgehead atoms. The van der Waals surface area contributed by atoms with E-state index in [1.165, 1.54) is 24.5 Å². The summed E-state index contributed by atoms with van der Waals surface area (Å²) in [5.74, 6) is -0.228. The third kappa shape index (κ3) is 6.27. The van der Waals surface area contributed by atoms with E-state index in [1.807, 2.05) is 0 Å². The van der Waals surface area contributed by atoms with Crippen molar-refractivity contribution in [2.75, 3.05) is 6.61 Å². The molecule has 1 aliphatic carbocycles. The summed E-state index contributed by atoms with van der Waals surface area (Å²) in [4.78, 5) is 32.4. The Balaban J connectivity index is 1.57. The maximum Gasteiger partial charge on any atom is 0.422 e. The smallest absolute Gasteiger partial charge is 0.422 e. The van der Waals surface area contributed by atoms with Gasteiger partial charge in [-0.15, -0.1) is 0 Å². The number of hydrogen-bond acceptors (Lipinski definition) is 5. The molecule has 0 spiro atoms. The number of aromatic nitrogens is 2. The van der Waals surface area contributed by atoms with Crippen LogP contribution in [0.4, 0.5) is 13.2 Å². The predicted molar refractivity (Wildman–Crippen MR) is 97.3 cm³/mol. The highest BCUT2D eigenvalue weighted by Crippen LogP contribution is 2.30. The SMILES string of the molecule is CC(NC(=O)c1ccnc(CC(=O)C2CC2)c1)c1ccc(OCC(F)(F)F)nc1. The number of ketones is 1. The molecular formula is C20H20F3N3O3. The third-order valence-corrected chi connectivity index (χ3v) is 4.46. The Morgan fingerprint density at radius 1 is 1.24 bits per heavy atom. The number of hydrogen-bond donors (Lipinski definition) is 1. The van der Waals surface area contributed by atoms with E-state index in [0.717, 1.165) is 12.8 Å². The van der Waals surface area contributed by atoms with Crippen molar-refractivity contribution < 1.29 is 27.5 Å². The van der Waals surface area contributed by atoms with Crippen LogP contribution in [0.25, 0.3) is 0 Å². The average Bonchev–Trinajstić information content (AvgIpc) is 3.52. The van der Waals surface area contributed by atoms with Gasteiger partial charge in [0.25, 0.3) is 5.91 Å². The van der Waals surface area contributed by atoms with Crippen LogP contribution in [-0.4, -0.2) is 34.4 Å². The minimum absolute atomic E-state index is 0.130. The van der Waals surface area contributed by atoms with Crippen LogP contribution in [0, 0.1) is 5.92 Å². The first-order valence-corrected chi connectivity index (χ1v) is 9.15. The molecule has 3 rings (SSSR count). The Hall–Kier alpha value is -2.97. The highest BCUT2D eigenvalue weighted by molar-refractivity contribution is 5.94. The van der Waals surface area contributed by atoms with Gasteiger partial charge in [0.15, 0.2) is 6.61 Å². The van der Waals surface area contributed by atoms with Gasteiger partial charge in [0, 0.05) is 42.1 Å². The molecule has 29 heavy (non-hydrogen) atoms. The molecule has 9 heteroatoms. The minimum atomic E-state index is -4.44. The number of halogens is 3. The van der Waals surface area contributed by atoms with Gasteiger partial charge in [-0.2, -0.15) is 13.2 Å². The van der Waals surface area contributed by atoms with Crippen LogP contribution >= 0.6 is 0 Å². The van der Waals surface area contributed by atoms with Gasteiger partial charge in [-0.05, 0) is 37.5 Å². The minimum Gasteiger partial charge on any atom is -0.468 e. The number of pyridine rings is 2. The van der Waals surface area contributed by atoms with Gasteiger partial charge in [-0.1, -0.05) is 6.07 Å². The zero-order chi connectivity index (χ0) is 21.0. The summed E-state index contributed by atoms with van der Waals surface area (Å²) in [6.07, 6.45) is 0.459. The van der Waals surface area contributed by atoms with Gasteiger partial charge in [0.1, 0.15) is 5.78 Å². The highest BCUT2D eigenvalue weighted by atomic mass is 19.4. The second kappa shape index (κ2) is 8.59. The largest absolute Gasteiger partial charge is 0.468 e. The zero-order valence-electron chi connectivity index (χ0n) is 15.7. The van der Waals surface area contributed by atoms with Crippen molar-refractivity contribution in [3.05, 3.63) is 53.5 Å². The molecular weight excluding hydrogens is 387 g/mol. The first-order valence-electron chi connectivity index (χ1n) is 9.15. The lowest BCUT2D eigenvalue weighted by molar-refractivity contribution is -0.154. The van der Waals surface area contributed by atoms with Crippen LogP contribution in [-0.2, 0) is 11.2 Å². The van der Waals surface area contributed by atoms with E-state index >= 15 is 0 Å². The topological polar surface area (TPSA) is 81.2 Å². The predicted octanol–water partition coefficient (Wildman–Crippen LogP) is 3.43. The van der Waals surface area contributed by atoms with Crippen LogP contribution in [0.15, 0.2) is 36.7 Å². The first-order chi connectivity index (χ1) is 13.7. The Labute approximate surface area is 165 Å². The number of alkyl halides is 3. The molecule has 0 saturated heterocycles. The van der Waals surface area contributed by atoms with E-state index in [-0.39, 0.29) is 29.9 Å². The molecule has 0 aliphatic heterocycles. The quantitative estimate of drug-likeness (QED) is 0.725. The molecule has 0 aromatic carbocycles. The van der Waals surface area contributed by atoms with Crippen molar-refractivity contribution in [2.45, 2.75) is 38.4 Å². The summed E-state index contributed by atoms with van der Waals surface area (Å²) >= 11 is 0. The van der Waals surface area contributed by atoms with Crippen molar-refractivity contribution in [1.29, 1.82) is 0 Å². The first kappa shape index (κ1) is 20.8. The van der Waals surface area contributed by atoms with E-state index in [1.54, 1.807) is 19.1 Å². The number of amides is 1. The number of nitrogens with one attached hydrogen (secondary N) is 1. The van der Waals surface area contributed by atoms with Gasteiger partial charge in [-0.25, -0.2) is 4.98 Å². The molecule has 1 atom stereocenters. The molecule has 1 aliphatic rings. The van der Waals surface area contributed by atoms with Crippen LogP contribution in [0.5, 0.6) is 5.88 Å². The lowest BCUT2D eigenvalue weighted by atomic mass is 10.1. The summed E-state index contributed by atoms with van der Waals surface area (Å²) in [7, 11) is 0. The molecule has 2 aromatic rings. The van der Waals surface area contributed by atoms with E-state index < -0.39 is 18.8 Å². The van der Waals surface area contributed by atoms with Gasteiger partial charge >= 0.3 is 6.18 Å². The monoisotopic (exact) mass is 407 g/mol. The van der Waals surface area contributed by atoms with Crippen LogP contribution in [0.1, 0.15) is 47.4 Å². The fraction of sp³-hybridized carbons (Fsp3) is 0.400. The summed E-state index contributed by atoms with van der Waals surface area (Å²) in [6.45, 7) is 0.309. The lowest BCUT2D eigenvalue weighted by Gasteiger charge is -2.15. The molecule has 2 aromatic heterocycles. The average molecular weight is 407 g/mol. The summed E-state index contributed by atoms with van der Waals surface area (Å²) in [5.41, 5.74) is 1.54. The number of Topliss-reactive ketones (excluding diaryl/α,β-unsaturated/α-hetero) is 1. The Morgan fingerprint density at radius 2 is 2.00 bits per heavy atom. The molecule has 1 saturated carbocycles. The van der Waals surface area contributed by atoms with E-state index in [4.69, 9.17) is 0 Å². The number of rotatable bonds is 8. The van der Waals surface area contributed by atoms with Gasteiger partial charge in [-0.3, -0.25) is 14.6 Å². The summed E-state index contributed by atoms with van der Waals surface area (Å²) in [6, 6.07) is 5.57. The molecule has 2 heterocycles. The molecule has 1 amide bonds. The van der Waals surface area contributed by atoms with Gasteiger partial charge in [0.05, 0.1) is 6.04 Å². The Bertz CT molecular complexity index is 881. The molecule has 0 radical (unpaired) electrons. The second-order valence-electron chi connectivity index (χ2n) is 6.98. The standard InChI is InChI=1S/C20H20F3N3O3/c1-12(15-4-5-18(25-10-15)29-11-20(21,22)23)26-19(28)14-6-7-24-16(8-14)9-17(27)13-2-3-13/h4-8,10,12-13H,2-3,9,11H2,1H3,(H,26,28). The van der Waals surface area contributed by atoms with Crippen molar-refractivity contribution in [3.63, 3.8) is 0 Å². The van der Waals surface area contributed by atoms with Crippen LogP contribution in [0.2, 0.25) is 0 Å². The fourth-order valence-corrected chi connectivity index (χ4v) is 2.70. The van der Waals surface area contributed by atoms with Gasteiger partial charge in [0.2, 0.25) is 5.88 Å². The second-order valence-corrected chi connectivity index (χ2v) is 6.98. The highest BCUT2D eigenvalue weighted by Gasteiger charge is 2.30. The maximum atomic E-state index is 12.5. The zero-order valence-corrected chi connectivity index (χ0v) is 15.7. The van der Waals surface area contributed by atoms with Gasteiger partial charge < -0.3 is 10.1 Å². The number of ether oxygens (including phenoxy) is 1. The molecule has 1 N–H and O–H groups in total. The maximum absolute atomic E-state index is 12.5. The van der Waals surface area contributed by atoms with Crippen molar-refractivity contribution in [1.82, 2.24) is 15.3 Å². The van der Waals surface area contributed by atoms with E-state index in [2.05, 4.69) is 20.0 Å². The number of carbonyl (C=O) groups is 2. The molecule has 154 valence electrons. The lowest BCUT2D eigenvalue weighted by Crippen LogP contribution is -2.27. The molecule has 1 fully saturated rings. The van der Waals surface area contributed by atoms with Crippen LogP contribution < -0.4 is 10.1 Å². The molecule has 6 nitrogen and oxygen atoms in total. The molecule has 1 unspecified atom stereocenters. The number of nitrogens with zero attached hydrogens (tertiary/aromatic N) is 2. The van der Waals surface area contributed by atoms with Crippen molar-refractivity contribution >= 4 is 11.7 Å². The Morgan fingerprint density at radius 3 is 2.62 bits per heavy atom. The normalized spacial score (nSPS) is 14.9. The summed E-state index contributed by atoms with van der Waals surface area (Å²) in [5, 5.41) is 2.79. The van der Waals surface area contributed by atoms with Crippen molar-refractivity contribution in [2.24, 2.45) is 5.92 Å². The summed E-state index contributed by atoms with van der Waals surface area (Å²) < 4.78 is 41.1. The Kier molecular flexibility index (Phi) is 6.14. The van der Waals surface area contributed by atoms with Crippen LogP contribution in [0.3, 0.4) is 0 Å². The van der Waals surface area contributed by atoms with E-state index in [9.17, 15) is 22.8 Å². The van der Waals surface area contributed by atoms with Crippen molar-refractivity contribution in [3.8, 4) is 5.88 Å². The third-order valence-electron chi connectivity index (χ3n) is 4.46. The van der Waals surface area contributed by atoms with E-state index in [0.29, 0.717) is 16.8 Å². The number of carbonyl (C=O) groups excluding carboxylic acids is 2. The fourth-order valence-electron chi connectivity index (χ4n) is 2.70.